The topological polar surface area (TPSA) is 79.3 Å². The van der Waals surface area contributed by atoms with Crippen LogP contribution < -0.4 is 5.32 Å². The maximum absolute atomic E-state index is 12.0. The molecule has 2 rings (SSSR count). The Bertz CT molecular complexity index is 652. The van der Waals surface area contributed by atoms with Gasteiger partial charge < -0.3 is 10.4 Å². The van der Waals surface area contributed by atoms with E-state index >= 15 is 0 Å². The Labute approximate surface area is 126 Å². The first-order chi connectivity index (χ1) is 9.97. The number of benzene rings is 1. The van der Waals surface area contributed by atoms with Gasteiger partial charge in [-0.2, -0.15) is 0 Å². The quantitative estimate of drug-likeness (QED) is 0.888. The van der Waals surface area contributed by atoms with Crippen molar-refractivity contribution in [2.24, 2.45) is 0 Å². The second-order valence-electron chi connectivity index (χ2n) is 4.72. The molecule has 1 aromatic heterocycles. The van der Waals surface area contributed by atoms with E-state index in [9.17, 15) is 9.59 Å². The summed E-state index contributed by atoms with van der Waals surface area (Å²) in [5.74, 6) is -1.45. The van der Waals surface area contributed by atoms with Gasteiger partial charge in [-0.1, -0.05) is 30.3 Å². The average molecular weight is 304 g/mol. The van der Waals surface area contributed by atoms with Crippen LogP contribution in [0.5, 0.6) is 0 Å². The van der Waals surface area contributed by atoms with E-state index < -0.39 is 12.0 Å². The van der Waals surface area contributed by atoms with E-state index in [2.05, 4.69) is 10.3 Å². The third kappa shape index (κ3) is 3.88. The van der Waals surface area contributed by atoms with Gasteiger partial charge >= 0.3 is 5.97 Å². The van der Waals surface area contributed by atoms with E-state index in [4.69, 9.17) is 5.11 Å². The molecule has 0 saturated heterocycles. The summed E-state index contributed by atoms with van der Waals surface area (Å²) in [6, 6.07) is 8.95. The molecule has 2 N–H and O–H groups in total. The highest BCUT2D eigenvalue weighted by molar-refractivity contribution is 7.13. The normalized spacial score (nSPS) is 11.9. The highest BCUT2D eigenvalue weighted by atomic mass is 32.1. The maximum atomic E-state index is 12.0. The predicted octanol–water partition coefficient (Wildman–Crippen LogP) is 2.25. The Morgan fingerprint density at radius 2 is 2.00 bits per heavy atom. The molecule has 0 radical (unpaired) electrons. The van der Waals surface area contributed by atoms with E-state index in [0.29, 0.717) is 17.0 Å². The molecule has 0 aliphatic heterocycles. The molecule has 2 aromatic rings. The van der Waals surface area contributed by atoms with Gasteiger partial charge in [-0.05, 0) is 19.4 Å². The molecule has 0 aliphatic rings. The molecule has 5 nitrogen and oxygen atoms in total. The first-order valence-electron chi connectivity index (χ1n) is 6.51. The minimum Gasteiger partial charge on any atom is -0.480 e. The molecule has 0 saturated carbocycles. The van der Waals surface area contributed by atoms with Crippen LogP contribution in [-0.2, 0) is 11.2 Å². The third-order valence-electron chi connectivity index (χ3n) is 2.96. The van der Waals surface area contributed by atoms with E-state index in [1.807, 2.05) is 30.3 Å². The number of carboxylic acids is 1. The summed E-state index contributed by atoms with van der Waals surface area (Å²) in [7, 11) is 0. The van der Waals surface area contributed by atoms with E-state index in [0.717, 1.165) is 10.6 Å². The number of carbonyl (C=O) groups is 2. The van der Waals surface area contributed by atoms with Crippen LogP contribution in [0.3, 0.4) is 0 Å². The van der Waals surface area contributed by atoms with Crippen molar-refractivity contribution >= 4 is 23.2 Å². The van der Waals surface area contributed by atoms with Crippen LogP contribution in [0.1, 0.15) is 32.9 Å². The van der Waals surface area contributed by atoms with Gasteiger partial charge in [-0.3, -0.25) is 9.59 Å². The second kappa shape index (κ2) is 6.49. The standard InChI is InChI=1S/C15H16N2O3S/c1-9-13(14(18)17-10(2)15(19)20)21-12(16-9)8-11-6-4-3-5-7-11/h3-7,10H,8H2,1-2H3,(H,17,18)(H,19,20)/t10-/m1/s1. The molecule has 0 spiro atoms. The fourth-order valence-electron chi connectivity index (χ4n) is 1.83. The molecule has 6 heteroatoms. The molecule has 1 atom stereocenters. The van der Waals surface area contributed by atoms with Crippen molar-refractivity contribution in [3.63, 3.8) is 0 Å². The number of rotatable bonds is 5. The Hall–Kier alpha value is -2.21. The minimum atomic E-state index is -1.06. The van der Waals surface area contributed by atoms with Crippen molar-refractivity contribution in [2.75, 3.05) is 0 Å². The number of aromatic nitrogens is 1. The van der Waals surface area contributed by atoms with Crippen LogP contribution in [0.15, 0.2) is 30.3 Å². The Balaban J connectivity index is 2.12. The second-order valence-corrected chi connectivity index (χ2v) is 5.80. The summed E-state index contributed by atoms with van der Waals surface area (Å²) < 4.78 is 0. The minimum absolute atomic E-state index is 0.390. The SMILES string of the molecule is Cc1nc(Cc2ccccc2)sc1C(=O)N[C@H](C)C(=O)O. The number of nitrogens with one attached hydrogen (secondary N) is 1. The lowest BCUT2D eigenvalue weighted by Gasteiger charge is -2.07. The zero-order chi connectivity index (χ0) is 15.4. The predicted molar refractivity (Wildman–Crippen MR) is 80.7 cm³/mol. The molecule has 1 heterocycles. The summed E-state index contributed by atoms with van der Waals surface area (Å²) in [6.45, 7) is 3.19. The van der Waals surface area contributed by atoms with Gasteiger partial charge in [0.1, 0.15) is 10.9 Å². The summed E-state index contributed by atoms with van der Waals surface area (Å²) in [5.41, 5.74) is 1.75. The van der Waals surface area contributed by atoms with Crippen molar-refractivity contribution in [1.82, 2.24) is 10.3 Å². The van der Waals surface area contributed by atoms with Gasteiger partial charge in [0, 0.05) is 6.42 Å². The Kier molecular flexibility index (Phi) is 4.70. The van der Waals surface area contributed by atoms with Crippen LogP contribution in [0.2, 0.25) is 0 Å². The molecule has 0 aliphatic carbocycles. The molecule has 110 valence electrons. The molecule has 1 amide bonds. The number of amides is 1. The molecule has 21 heavy (non-hydrogen) atoms. The molecule has 0 unspecified atom stereocenters. The lowest BCUT2D eigenvalue weighted by Crippen LogP contribution is -2.38. The maximum Gasteiger partial charge on any atom is 0.325 e. The zero-order valence-electron chi connectivity index (χ0n) is 11.8. The molecular weight excluding hydrogens is 288 g/mol. The number of nitrogens with zero attached hydrogens (tertiary/aromatic N) is 1. The summed E-state index contributed by atoms with van der Waals surface area (Å²) in [6.07, 6.45) is 0.661. The monoisotopic (exact) mass is 304 g/mol. The fourth-order valence-corrected chi connectivity index (χ4v) is 2.83. The summed E-state index contributed by atoms with van der Waals surface area (Å²) in [4.78, 5) is 27.7. The van der Waals surface area contributed by atoms with E-state index in [1.165, 1.54) is 18.3 Å². The van der Waals surface area contributed by atoms with Crippen LogP contribution in [0.25, 0.3) is 0 Å². The smallest absolute Gasteiger partial charge is 0.325 e. The van der Waals surface area contributed by atoms with Crippen molar-refractivity contribution in [3.05, 3.63) is 51.5 Å². The number of thiazole rings is 1. The summed E-state index contributed by atoms with van der Waals surface area (Å²) >= 11 is 1.30. The largest absolute Gasteiger partial charge is 0.480 e. The molecule has 0 fully saturated rings. The van der Waals surface area contributed by atoms with Gasteiger partial charge in [0.25, 0.3) is 5.91 Å². The first-order valence-corrected chi connectivity index (χ1v) is 7.33. The molecule has 0 bridgehead atoms. The Morgan fingerprint density at radius 1 is 1.33 bits per heavy atom. The number of hydrogen-bond donors (Lipinski definition) is 2. The van der Waals surface area contributed by atoms with Gasteiger partial charge in [0.15, 0.2) is 0 Å². The van der Waals surface area contributed by atoms with Crippen molar-refractivity contribution in [2.45, 2.75) is 26.3 Å². The molecular formula is C15H16N2O3S. The number of carbonyl (C=O) groups excluding carboxylic acids is 1. The number of aryl methyl sites for hydroxylation is 1. The highest BCUT2D eigenvalue weighted by Crippen LogP contribution is 2.20. The zero-order valence-corrected chi connectivity index (χ0v) is 12.6. The highest BCUT2D eigenvalue weighted by Gasteiger charge is 2.20. The van der Waals surface area contributed by atoms with Crippen LogP contribution in [-0.4, -0.2) is 28.0 Å². The van der Waals surface area contributed by atoms with Gasteiger partial charge in [0.05, 0.1) is 10.7 Å². The lowest BCUT2D eigenvalue weighted by molar-refractivity contribution is -0.138. The van der Waals surface area contributed by atoms with Crippen molar-refractivity contribution in [1.29, 1.82) is 0 Å². The van der Waals surface area contributed by atoms with Gasteiger partial charge in [0.2, 0.25) is 0 Å². The fraction of sp³-hybridized carbons (Fsp3) is 0.267. The Morgan fingerprint density at radius 3 is 2.62 bits per heavy atom. The number of carboxylic acid groups (broad SMARTS) is 1. The van der Waals surface area contributed by atoms with Crippen LogP contribution in [0.4, 0.5) is 0 Å². The van der Waals surface area contributed by atoms with Crippen molar-refractivity contribution < 1.29 is 14.7 Å². The lowest BCUT2D eigenvalue weighted by atomic mass is 10.2. The number of hydrogen-bond acceptors (Lipinski definition) is 4. The van der Waals surface area contributed by atoms with Crippen LogP contribution >= 0.6 is 11.3 Å². The number of aliphatic carboxylic acids is 1. The average Bonchev–Trinajstić information content (AvgIpc) is 2.80. The van der Waals surface area contributed by atoms with Gasteiger partial charge in [-0.25, -0.2) is 4.98 Å². The van der Waals surface area contributed by atoms with E-state index in [-0.39, 0.29) is 5.91 Å². The summed E-state index contributed by atoms with van der Waals surface area (Å²) in [5, 5.41) is 12.1. The van der Waals surface area contributed by atoms with Gasteiger partial charge in [-0.15, -0.1) is 11.3 Å². The van der Waals surface area contributed by atoms with Crippen LogP contribution in [0, 0.1) is 6.92 Å². The molecule has 1 aromatic carbocycles. The van der Waals surface area contributed by atoms with Crippen molar-refractivity contribution in [3.8, 4) is 0 Å². The first kappa shape index (κ1) is 15.2. The van der Waals surface area contributed by atoms with E-state index in [1.54, 1.807) is 6.92 Å². The third-order valence-corrected chi connectivity index (χ3v) is 4.12.